The Hall–Kier alpha value is -2.08. The van der Waals surface area contributed by atoms with Gasteiger partial charge in [-0.2, -0.15) is 11.8 Å². The summed E-state index contributed by atoms with van der Waals surface area (Å²) in [6, 6.07) is 11.7. The van der Waals surface area contributed by atoms with E-state index < -0.39 is 10.7 Å². The Morgan fingerprint density at radius 2 is 2.10 bits per heavy atom. The Kier molecular flexibility index (Phi) is 3.79. The summed E-state index contributed by atoms with van der Waals surface area (Å²) in [4.78, 5) is 10.2. The third-order valence-electron chi connectivity index (χ3n) is 3.41. The zero-order valence-corrected chi connectivity index (χ0v) is 11.9. The number of non-ortho nitro benzene ring substituents is 1. The van der Waals surface area contributed by atoms with Crippen molar-refractivity contribution in [2.45, 2.75) is 11.8 Å². The normalized spacial score (nSPS) is 17.1. The van der Waals surface area contributed by atoms with Gasteiger partial charge in [0, 0.05) is 23.3 Å². The van der Waals surface area contributed by atoms with Crippen molar-refractivity contribution < 1.29 is 9.31 Å². The van der Waals surface area contributed by atoms with Crippen LogP contribution in [0.4, 0.5) is 15.8 Å². The number of halogens is 1. The van der Waals surface area contributed by atoms with Gasteiger partial charge < -0.3 is 5.32 Å². The third-order valence-corrected chi connectivity index (χ3v) is 4.49. The Morgan fingerprint density at radius 3 is 2.90 bits per heavy atom. The van der Waals surface area contributed by atoms with Crippen molar-refractivity contribution in [1.82, 2.24) is 0 Å². The topological polar surface area (TPSA) is 55.2 Å². The fourth-order valence-electron chi connectivity index (χ4n) is 2.47. The number of nitro groups is 1. The Balaban J connectivity index is 1.90. The molecular formula is C15H13FN2O2S. The molecular weight excluding hydrogens is 291 g/mol. The monoisotopic (exact) mass is 304 g/mol. The van der Waals surface area contributed by atoms with Crippen LogP contribution in [-0.4, -0.2) is 10.7 Å². The van der Waals surface area contributed by atoms with Crippen LogP contribution >= 0.6 is 11.8 Å². The zero-order valence-electron chi connectivity index (χ0n) is 11.1. The molecule has 1 N–H and O–H groups in total. The van der Waals surface area contributed by atoms with Gasteiger partial charge >= 0.3 is 0 Å². The molecule has 0 saturated heterocycles. The molecule has 2 aromatic carbocycles. The second-order valence-corrected chi connectivity index (χ2v) is 5.90. The second-order valence-electron chi connectivity index (χ2n) is 4.87. The van der Waals surface area contributed by atoms with Crippen LogP contribution in [0, 0.1) is 15.9 Å². The average Bonchev–Trinajstić information content (AvgIpc) is 2.47. The van der Waals surface area contributed by atoms with E-state index in [0.29, 0.717) is 5.69 Å². The Labute approximate surface area is 125 Å². The molecule has 4 nitrogen and oxygen atoms in total. The average molecular weight is 304 g/mol. The molecule has 0 spiro atoms. The van der Waals surface area contributed by atoms with Gasteiger partial charge in [-0.3, -0.25) is 10.1 Å². The van der Waals surface area contributed by atoms with E-state index in [9.17, 15) is 14.5 Å². The molecule has 0 aromatic heterocycles. The van der Waals surface area contributed by atoms with Crippen LogP contribution in [0.3, 0.4) is 0 Å². The van der Waals surface area contributed by atoms with E-state index in [4.69, 9.17) is 0 Å². The predicted octanol–water partition coefficient (Wildman–Crippen LogP) is 4.13. The maximum Gasteiger partial charge on any atom is 0.274 e. The van der Waals surface area contributed by atoms with Crippen LogP contribution in [0.5, 0.6) is 0 Å². The van der Waals surface area contributed by atoms with Crippen molar-refractivity contribution in [3.05, 3.63) is 69.5 Å². The summed E-state index contributed by atoms with van der Waals surface area (Å²) in [7, 11) is 0. The third kappa shape index (κ3) is 3.00. The zero-order chi connectivity index (χ0) is 14.8. The Morgan fingerprint density at radius 1 is 1.29 bits per heavy atom. The van der Waals surface area contributed by atoms with E-state index in [1.54, 1.807) is 11.8 Å². The molecule has 0 fully saturated rings. The van der Waals surface area contributed by atoms with E-state index in [2.05, 4.69) is 11.4 Å². The number of nitrogens with one attached hydrogen (secondary N) is 1. The fourth-order valence-corrected chi connectivity index (χ4v) is 3.56. The molecule has 1 heterocycles. The summed E-state index contributed by atoms with van der Waals surface area (Å²) in [5.41, 5.74) is 2.61. The van der Waals surface area contributed by atoms with Gasteiger partial charge in [0.25, 0.3) is 5.69 Å². The number of anilines is 1. The van der Waals surface area contributed by atoms with E-state index in [-0.39, 0.29) is 11.7 Å². The van der Waals surface area contributed by atoms with Gasteiger partial charge in [-0.1, -0.05) is 24.3 Å². The number of nitro benzene ring substituents is 1. The number of benzene rings is 2. The van der Waals surface area contributed by atoms with Crippen molar-refractivity contribution in [1.29, 1.82) is 0 Å². The maximum absolute atomic E-state index is 13.5. The summed E-state index contributed by atoms with van der Waals surface area (Å²) in [5, 5.41) is 14.0. The van der Waals surface area contributed by atoms with Gasteiger partial charge in [0.1, 0.15) is 5.82 Å². The standard InChI is InChI=1S/C15H13FN2O2S/c16-11-5-12(7-13(6-11)18(19)20)17-15-9-21-8-10-3-1-2-4-14(10)15/h1-7,15,17H,8-9H2. The predicted molar refractivity (Wildman–Crippen MR) is 82.0 cm³/mol. The highest BCUT2D eigenvalue weighted by atomic mass is 32.2. The highest BCUT2D eigenvalue weighted by molar-refractivity contribution is 7.98. The van der Waals surface area contributed by atoms with Gasteiger partial charge in [-0.15, -0.1) is 0 Å². The molecule has 0 bridgehead atoms. The summed E-state index contributed by atoms with van der Waals surface area (Å²) in [6.45, 7) is 0. The minimum Gasteiger partial charge on any atom is -0.377 e. The molecule has 0 radical (unpaired) electrons. The van der Waals surface area contributed by atoms with E-state index >= 15 is 0 Å². The van der Waals surface area contributed by atoms with Crippen molar-refractivity contribution >= 4 is 23.1 Å². The lowest BCUT2D eigenvalue weighted by Crippen LogP contribution is -2.18. The number of thioether (sulfide) groups is 1. The lowest BCUT2D eigenvalue weighted by molar-refractivity contribution is -0.385. The number of fused-ring (bicyclic) bond motifs is 1. The van der Waals surface area contributed by atoms with Gasteiger partial charge in [0.15, 0.2) is 0 Å². The van der Waals surface area contributed by atoms with Crippen molar-refractivity contribution in [3.63, 3.8) is 0 Å². The highest BCUT2D eigenvalue weighted by Crippen LogP contribution is 2.34. The van der Waals surface area contributed by atoms with Crippen LogP contribution in [0.25, 0.3) is 0 Å². The lowest BCUT2D eigenvalue weighted by atomic mass is 10.0. The first-order valence-corrected chi connectivity index (χ1v) is 7.66. The van der Waals surface area contributed by atoms with Crippen molar-refractivity contribution in [2.24, 2.45) is 0 Å². The molecule has 1 unspecified atom stereocenters. The fraction of sp³-hybridized carbons (Fsp3) is 0.200. The highest BCUT2D eigenvalue weighted by Gasteiger charge is 2.21. The van der Waals surface area contributed by atoms with E-state index in [1.165, 1.54) is 23.3 Å². The first-order chi connectivity index (χ1) is 10.1. The van der Waals surface area contributed by atoms with Crippen LogP contribution in [0.2, 0.25) is 0 Å². The number of hydrogen-bond donors (Lipinski definition) is 1. The lowest BCUT2D eigenvalue weighted by Gasteiger charge is -2.26. The SMILES string of the molecule is O=[N+]([O-])c1cc(F)cc(NC2CSCc3ccccc32)c1. The van der Waals surface area contributed by atoms with Gasteiger partial charge in [-0.25, -0.2) is 4.39 Å². The molecule has 1 atom stereocenters. The molecule has 0 saturated carbocycles. The van der Waals surface area contributed by atoms with Crippen LogP contribution in [0.15, 0.2) is 42.5 Å². The van der Waals surface area contributed by atoms with E-state index in [0.717, 1.165) is 17.6 Å². The number of hydrogen-bond acceptors (Lipinski definition) is 4. The van der Waals surface area contributed by atoms with Crippen molar-refractivity contribution in [3.8, 4) is 0 Å². The molecule has 108 valence electrons. The summed E-state index contributed by atoms with van der Waals surface area (Å²) in [6.07, 6.45) is 0. The van der Waals surface area contributed by atoms with Crippen LogP contribution in [0.1, 0.15) is 17.2 Å². The number of nitrogens with zero attached hydrogens (tertiary/aromatic N) is 1. The molecule has 21 heavy (non-hydrogen) atoms. The van der Waals surface area contributed by atoms with Gasteiger partial charge in [0.05, 0.1) is 17.0 Å². The minimum atomic E-state index is -0.608. The largest absolute Gasteiger partial charge is 0.377 e. The Bertz CT molecular complexity index is 693. The van der Waals surface area contributed by atoms with Gasteiger partial charge in [0.2, 0.25) is 0 Å². The summed E-state index contributed by atoms with van der Waals surface area (Å²) >= 11 is 1.79. The molecule has 6 heteroatoms. The van der Waals surface area contributed by atoms with Crippen molar-refractivity contribution in [2.75, 3.05) is 11.1 Å². The first-order valence-electron chi connectivity index (χ1n) is 6.50. The van der Waals surface area contributed by atoms with Crippen LogP contribution in [-0.2, 0) is 5.75 Å². The molecule has 0 amide bonds. The summed E-state index contributed by atoms with van der Waals surface area (Å²) < 4.78 is 13.5. The minimum absolute atomic E-state index is 0.0290. The summed E-state index contributed by atoms with van der Waals surface area (Å²) in [5.74, 6) is 1.20. The molecule has 1 aliphatic rings. The number of rotatable bonds is 3. The van der Waals surface area contributed by atoms with Gasteiger partial charge in [-0.05, 0) is 17.2 Å². The molecule has 3 rings (SSSR count). The maximum atomic E-state index is 13.5. The smallest absolute Gasteiger partial charge is 0.274 e. The first kappa shape index (κ1) is 13.9. The molecule has 1 aliphatic heterocycles. The molecule has 2 aromatic rings. The van der Waals surface area contributed by atoms with Crippen LogP contribution < -0.4 is 5.32 Å². The quantitative estimate of drug-likeness (QED) is 0.684. The van der Waals surface area contributed by atoms with E-state index in [1.807, 2.05) is 18.2 Å². The molecule has 0 aliphatic carbocycles. The second kappa shape index (κ2) is 5.73.